The molecule has 0 spiro atoms. The predicted molar refractivity (Wildman–Crippen MR) is 114 cm³/mol. The van der Waals surface area contributed by atoms with Gasteiger partial charge >= 0.3 is 0 Å². The van der Waals surface area contributed by atoms with Crippen molar-refractivity contribution in [3.05, 3.63) is 107 Å². The van der Waals surface area contributed by atoms with Gasteiger partial charge in [0.25, 0.3) is 10.0 Å². The third-order valence-corrected chi connectivity index (χ3v) is 5.75. The fourth-order valence-corrected chi connectivity index (χ4v) is 4.03. The molecule has 0 unspecified atom stereocenters. The van der Waals surface area contributed by atoms with Gasteiger partial charge in [0.1, 0.15) is 0 Å². The fourth-order valence-electron chi connectivity index (χ4n) is 3.49. The fraction of sp³-hybridized carbons (Fsp3) is 0.0870. The minimum absolute atomic E-state index is 0.498. The lowest BCUT2D eigenvalue weighted by Gasteiger charge is -2.11. The summed E-state index contributed by atoms with van der Waals surface area (Å²) in [6.45, 7) is 3.33. The Morgan fingerprint density at radius 3 is 2.61 bits per heavy atom. The number of anilines is 1. The quantitative estimate of drug-likeness (QED) is 0.707. The first-order chi connectivity index (χ1) is 13.6. The molecule has 1 aliphatic carbocycles. The molecule has 28 heavy (non-hydrogen) atoms. The van der Waals surface area contributed by atoms with Gasteiger partial charge in [0.15, 0.2) is 0 Å². The number of aryl methyl sites for hydroxylation is 2. The second kappa shape index (κ2) is 7.44. The van der Waals surface area contributed by atoms with Gasteiger partial charge in [-0.25, -0.2) is 8.42 Å². The molecule has 4 rings (SSSR count). The molecule has 5 heteroatoms. The normalized spacial score (nSPS) is 14.6. The van der Waals surface area contributed by atoms with E-state index in [1.54, 1.807) is 6.07 Å². The van der Waals surface area contributed by atoms with Gasteiger partial charge in [0.05, 0.1) is 5.69 Å². The molecule has 0 bridgehead atoms. The number of fused-ring (bicyclic) bond motifs is 2. The van der Waals surface area contributed by atoms with Crippen LogP contribution in [0.15, 0.2) is 78.8 Å². The summed E-state index contributed by atoms with van der Waals surface area (Å²) in [5.74, 6) is 0. The Kier molecular flexibility index (Phi) is 4.84. The van der Waals surface area contributed by atoms with E-state index >= 15 is 0 Å². The van der Waals surface area contributed by atoms with Gasteiger partial charge < -0.3 is 0 Å². The minimum atomic E-state index is -3.54. The van der Waals surface area contributed by atoms with E-state index in [0.29, 0.717) is 5.69 Å². The van der Waals surface area contributed by atoms with Crippen molar-refractivity contribution in [1.82, 2.24) is 4.98 Å². The van der Waals surface area contributed by atoms with Crippen LogP contribution in [0.1, 0.15) is 27.9 Å². The largest absolute Gasteiger partial charge is 0.280 e. The smallest absolute Gasteiger partial charge is 0.254 e. The molecule has 3 aromatic rings. The molecule has 140 valence electrons. The van der Waals surface area contributed by atoms with Crippen molar-refractivity contribution < 1.29 is 8.42 Å². The molecule has 1 aliphatic rings. The summed E-state index contributed by atoms with van der Waals surface area (Å²) >= 11 is 0. The molecule has 2 aromatic carbocycles. The lowest BCUT2D eigenvalue weighted by Crippen LogP contribution is -2.08. The average molecular weight is 388 g/mol. The van der Waals surface area contributed by atoms with Gasteiger partial charge in [-0.1, -0.05) is 49.0 Å². The molecule has 1 aromatic heterocycles. The summed E-state index contributed by atoms with van der Waals surface area (Å²) in [5.41, 5.74) is 7.09. The van der Waals surface area contributed by atoms with Crippen molar-refractivity contribution in [3.63, 3.8) is 0 Å². The van der Waals surface area contributed by atoms with Gasteiger partial charge in [0, 0.05) is 22.9 Å². The molecule has 0 fully saturated rings. The Labute approximate surface area is 165 Å². The van der Waals surface area contributed by atoms with E-state index in [-0.39, 0.29) is 0 Å². The van der Waals surface area contributed by atoms with Crippen LogP contribution in [0.5, 0.6) is 0 Å². The van der Waals surface area contributed by atoms with E-state index in [1.165, 1.54) is 11.1 Å². The molecule has 1 heterocycles. The highest BCUT2D eigenvalue weighted by Crippen LogP contribution is 2.33. The van der Waals surface area contributed by atoms with Gasteiger partial charge in [0.2, 0.25) is 0 Å². The van der Waals surface area contributed by atoms with Crippen molar-refractivity contribution in [2.45, 2.75) is 12.8 Å². The van der Waals surface area contributed by atoms with E-state index in [0.717, 1.165) is 40.6 Å². The van der Waals surface area contributed by atoms with E-state index in [2.05, 4.69) is 46.6 Å². The zero-order chi connectivity index (χ0) is 19.6. The third-order valence-electron chi connectivity index (χ3n) is 4.79. The van der Waals surface area contributed by atoms with Gasteiger partial charge in [-0.3, -0.25) is 9.71 Å². The van der Waals surface area contributed by atoms with Crippen LogP contribution in [-0.4, -0.2) is 13.4 Å². The van der Waals surface area contributed by atoms with E-state index in [9.17, 15) is 8.42 Å². The van der Waals surface area contributed by atoms with Crippen LogP contribution in [0, 0.1) is 0 Å². The van der Waals surface area contributed by atoms with E-state index in [4.69, 9.17) is 0 Å². The van der Waals surface area contributed by atoms with Gasteiger partial charge in [-0.05, 0) is 59.4 Å². The lowest BCUT2D eigenvalue weighted by atomic mass is 9.95. The van der Waals surface area contributed by atoms with E-state index < -0.39 is 10.0 Å². The van der Waals surface area contributed by atoms with Crippen LogP contribution in [0.3, 0.4) is 0 Å². The SMILES string of the molecule is C=CS(=O)(=O)Nc1cccc(/C=C2/c3ccccc3CCc3cccnc32)c1. The number of hydrogen-bond acceptors (Lipinski definition) is 3. The molecule has 0 saturated carbocycles. The highest BCUT2D eigenvalue weighted by Gasteiger charge is 2.18. The summed E-state index contributed by atoms with van der Waals surface area (Å²) in [7, 11) is -3.54. The van der Waals surface area contributed by atoms with Crippen LogP contribution in [0.4, 0.5) is 5.69 Å². The number of hydrogen-bond donors (Lipinski definition) is 1. The zero-order valence-electron chi connectivity index (χ0n) is 15.3. The third kappa shape index (κ3) is 3.75. The Balaban J connectivity index is 1.85. The monoisotopic (exact) mass is 388 g/mol. The minimum Gasteiger partial charge on any atom is -0.280 e. The van der Waals surface area contributed by atoms with Crippen molar-refractivity contribution in [2.24, 2.45) is 0 Å². The van der Waals surface area contributed by atoms with Crippen LogP contribution >= 0.6 is 0 Å². The molecule has 1 N–H and O–H groups in total. The molecular formula is C23H20N2O2S. The number of aromatic nitrogens is 1. The Hall–Kier alpha value is -3.18. The standard InChI is InChI=1S/C23H20N2O2S/c1-2-28(26,27)25-20-10-5-7-17(15-20)16-22-21-11-4-3-8-18(21)12-13-19-9-6-14-24-23(19)22/h2-11,14-16,25H,1,12-13H2/b22-16-. The molecular weight excluding hydrogens is 368 g/mol. The number of nitrogens with zero attached hydrogens (tertiary/aromatic N) is 1. The first-order valence-corrected chi connectivity index (χ1v) is 10.6. The second-order valence-electron chi connectivity index (χ2n) is 6.67. The zero-order valence-corrected chi connectivity index (χ0v) is 16.1. The van der Waals surface area contributed by atoms with Crippen molar-refractivity contribution >= 4 is 27.4 Å². The first-order valence-electron chi connectivity index (χ1n) is 9.05. The second-order valence-corrected chi connectivity index (χ2v) is 8.29. The predicted octanol–water partition coefficient (Wildman–Crippen LogP) is 4.65. The van der Waals surface area contributed by atoms with Crippen molar-refractivity contribution in [1.29, 1.82) is 0 Å². The average Bonchev–Trinajstić information content (AvgIpc) is 2.86. The number of benzene rings is 2. The number of rotatable bonds is 4. The summed E-state index contributed by atoms with van der Waals surface area (Å²) in [6.07, 6.45) is 5.79. The molecule has 0 radical (unpaired) electrons. The van der Waals surface area contributed by atoms with Crippen LogP contribution in [0.25, 0.3) is 11.6 Å². The maximum absolute atomic E-state index is 11.8. The Morgan fingerprint density at radius 1 is 0.964 bits per heavy atom. The molecule has 0 saturated heterocycles. The summed E-state index contributed by atoms with van der Waals surface area (Å²) < 4.78 is 26.1. The van der Waals surface area contributed by atoms with Gasteiger partial charge in [-0.2, -0.15) is 0 Å². The Morgan fingerprint density at radius 2 is 1.75 bits per heavy atom. The summed E-state index contributed by atoms with van der Waals surface area (Å²) in [4.78, 5) is 4.66. The molecule has 0 aliphatic heterocycles. The first kappa shape index (κ1) is 18.2. The highest BCUT2D eigenvalue weighted by atomic mass is 32.2. The van der Waals surface area contributed by atoms with Gasteiger partial charge in [-0.15, -0.1) is 0 Å². The Bertz CT molecular complexity index is 1130. The van der Waals surface area contributed by atoms with Crippen LogP contribution in [-0.2, 0) is 22.9 Å². The number of pyridine rings is 1. The summed E-state index contributed by atoms with van der Waals surface area (Å²) in [5, 5.41) is 0.903. The maximum atomic E-state index is 11.8. The van der Waals surface area contributed by atoms with E-state index in [1.807, 2.05) is 36.5 Å². The summed E-state index contributed by atoms with van der Waals surface area (Å²) in [6, 6.07) is 19.8. The number of sulfonamides is 1. The molecule has 0 atom stereocenters. The van der Waals surface area contributed by atoms with Crippen molar-refractivity contribution in [3.8, 4) is 0 Å². The highest BCUT2D eigenvalue weighted by molar-refractivity contribution is 7.95. The topological polar surface area (TPSA) is 59.1 Å². The number of nitrogens with one attached hydrogen (secondary N) is 1. The van der Waals surface area contributed by atoms with Crippen LogP contribution < -0.4 is 4.72 Å². The maximum Gasteiger partial charge on any atom is 0.254 e. The molecule has 0 amide bonds. The lowest BCUT2D eigenvalue weighted by molar-refractivity contribution is 0.609. The van der Waals surface area contributed by atoms with Crippen molar-refractivity contribution in [2.75, 3.05) is 4.72 Å². The molecule has 4 nitrogen and oxygen atoms in total. The van der Waals surface area contributed by atoms with Crippen LogP contribution in [0.2, 0.25) is 0 Å².